The number of rotatable bonds is 2. The van der Waals surface area contributed by atoms with Gasteiger partial charge in [0.2, 0.25) is 0 Å². The van der Waals surface area contributed by atoms with Gasteiger partial charge in [0, 0.05) is 10.6 Å². The summed E-state index contributed by atoms with van der Waals surface area (Å²) < 4.78 is 1.26. The fourth-order valence-electron chi connectivity index (χ4n) is 1.42. The quantitative estimate of drug-likeness (QED) is 0.664. The summed E-state index contributed by atoms with van der Waals surface area (Å²) in [6, 6.07) is 8.19. The first-order valence-corrected chi connectivity index (χ1v) is 5.12. The van der Waals surface area contributed by atoms with Crippen molar-refractivity contribution in [2.45, 2.75) is 12.8 Å². The second-order valence-electron chi connectivity index (χ2n) is 3.11. The minimum absolute atomic E-state index is 0.0103. The third-order valence-electron chi connectivity index (χ3n) is 2.21. The first-order valence-electron chi connectivity index (χ1n) is 4.24. The molecule has 66 valence electrons. The molecule has 1 aromatic heterocycles. The van der Waals surface area contributed by atoms with Crippen LogP contribution < -0.4 is 0 Å². The van der Waals surface area contributed by atoms with E-state index in [4.69, 9.17) is 0 Å². The number of fused-ring (bicyclic) bond motifs is 1. The van der Waals surface area contributed by atoms with Crippen molar-refractivity contribution in [1.82, 2.24) is 0 Å². The molecule has 1 atom stereocenters. The molecule has 0 bridgehead atoms. The first-order chi connectivity index (χ1) is 6.33. The van der Waals surface area contributed by atoms with Gasteiger partial charge in [-0.15, -0.1) is 11.3 Å². The molecule has 0 aliphatic carbocycles. The fourth-order valence-corrected chi connectivity index (χ4v) is 2.49. The normalized spacial score (nSPS) is 13.0. The molecular formula is C11H10OS. The summed E-state index contributed by atoms with van der Waals surface area (Å²) in [6.07, 6.45) is 0.995. The third kappa shape index (κ3) is 1.38. The van der Waals surface area contributed by atoms with Crippen molar-refractivity contribution in [3.8, 4) is 0 Å². The lowest BCUT2D eigenvalue weighted by Gasteiger charge is -2.00. The van der Waals surface area contributed by atoms with Crippen molar-refractivity contribution in [2.75, 3.05) is 0 Å². The lowest BCUT2D eigenvalue weighted by Crippen LogP contribution is -1.91. The maximum Gasteiger partial charge on any atom is 0.127 e. The Morgan fingerprint density at radius 1 is 1.38 bits per heavy atom. The lowest BCUT2D eigenvalue weighted by atomic mass is 10.0. The molecule has 0 radical (unpaired) electrons. The summed E-state index contributed by atoms with van der Waals surface area (Å²) in [5.41, 5.74) is 1.15. The second-order valence-corrected chi connectivity index (χ2v) is 4.02. The van der Waals surface area contributed by atoms with E-state index in [0.29, 0.717) is 0 Å². The summed E-state index contributed by atoms with van der Waals surface area (Å²) in [5.74, 6) is 0.0103. The Morgan fingerprint density at radius 3 is 2.92 bits per heavy atom. The van der Waals surface area contributed by atoms with Crippen LogP contribution in [0.2, 0.25) is 0 Å². The second kappa shape index (κ2) is 3.30. The van der Waals surface area contributed by atoms with E-state index in [1.807, 2.05) is 19.1 Å². The molecule has 2 rings (SSSR count). The Hall–Kier alpha value is -1.15. The Morgan fingerprint density at radius 2 is 2.15 bits per heavy atom. The van der Waals surface area contributed by atoms with Crippen LogP contribution in [-0.2, 0) is 4.79 Å². The summed E-state index contributed by atoms with van der Waals surface area (Å²) in [4.78, 5) is 10.7. The van der Waals surface area contributed by atoms with Gasteiger partial charge in [-0.2, -0.15) is 0 Å². The standard InChI is InChI=1S/C11H10OS/c1-8(6-12)10-7-13-11-5-3-2-4-9(10)11/h2-8H,1H3. The van der Waals surface area contributed by atoms with Crippen LogP contribution in [0.4, 0.5) is 0 Å². The van der Waals surface area contributed by atoms with Crippen molar-refractivity contribution in [1.29, 1.82) is 0 Å². The van der Waals surface area contributed by atoms with E-state index in [1.54, 1.807) is 11.3 Å². The van der Waals surface area contributed by atoms with E-state index in [1.165, 1.54) is 10.1 Å². The molecule has 0 amide bonds. The largest absolute Gasteiger partial charge is 0.303 e. The van der Waals surface area contributed by atoms with E-state index in [2.05, 4.69) is 17.5 Å². The van der Waals surface area contributed by atoms with Crippen LogP contribution in [0, 0.1) is 0 Å². The van der Waals surface area contributed by atoms with E-state index < -0.39 is 0 Å². The minimum Gasteiger partial charge on any atom is -0.303 e. The lowest BCUT2D eigenvalue weighted by molar-refractivity contribution is -0.108. The predicted octanol–water partition coefficient (Wildman–Crippen LogP) is 3.20. The summed E-state index contributed by atoms with van der Waals surface area (Å²) in [5, 5.41) is 3.29. The number of benzene rings is 1. The van der Waals surface area contributed by atoms with Crippen molar-refractivity contribution in [3.63, 3.8) is 0 Å². The van der Waals surface area contributed by atoms with Crippen LogP contribution in [0.25, 0.3) is 10.1 Å². The molecule has 1 unspecified atom stereocenters. The molecule has 0 saturated heterocycles. The van der Waals surface area contributed by atoms with Crippen molar-refractivity contribution in [3.05, 3.63) is 35.2 Å². The number of thiophene rings is 1. The molecule has 0 aliphatic heterocycles. The number of hydrogen-bond donors (Lipinski definition) is 0. The van der Waals surface area contributed by atoms with E-state index in [9.17, 15) is 4.79 Å². The van der Waals surface area contributed by atoms with Gasteiger partial charge in [0.1, 0.15) is 6.29 Å². The first kappa shape index (κ1) is 8.45. The Kier molecular flexibility index (Phi) is 2.15. The van der Waals surface area contributed by atoms with E-state index >= 15 is 0 Å². The highest BCUT2D eigenvalue weighted by Crippen LogP contribution is 2.29. The average Bonchev–Trinajstić information content (AvgIpc) is 2.60. The topological polar surface area (TPSA) is 17.1 Å². The van der Waals surface area contributed by atoms with E-state index in [-0.39, 0.29) is 5.92 Å². The molecule has 1 aromatic carbocycles. The van der Waals surface area contributed by atoms with Gasteiger partial charge in [-0.3, -0.25) is 0 Å². The van der Waals surface area contributed by atoms with Crippen molar-refractivity contribution >= 4 is 27.7 Å². The highest BCUT2D eigenvalue weighted by atomic mass is 32.1. The van der Waals surface area contributed by atoms with Gasteiger partial charge in [-0.1, -0.05) is 25.1 Å². The maximum atomic E-state index is 10.7. The highest BCUT2D eigenvalue weighted by molar-refractivity contribution is 7.17. The molecule has 2 aromatic rings. The Bertz CT molecular complexity index is 430. The zero-order valence-corrected chi connectivity index (χ0v) is 8.17. The molecule has 0 fully saturated rings. The van der Waals surface area contributed by atoms with Gasteiger partial charge < -0.3 is 4.79 Å². The van der Waals surface area contributed by atoms with Crippen molar-refractivity contribution in [2.24, 2.45) is 0 Å². The van der Waals surface area contributed by atoms with Crippen LogP contribution in [0.5, 0.6) is 0 Å². The zero-order chi connectivity index (χ0) is 9.26. The van der Waals surface area contributed by atoms with Crippen LogP contribution >= 0.6 is 11.3 Å². The van der Waals surface area contributed by atoms with Crippen molar-refractivity contribution < 1.29 is 4.79 Å². The fraction of sp³-hybridized carbons (Fsp3) is 0.182. The van der Waals surface area contributed by atoms with Crippen LogP contribution in [-0.4, -0.2) is 6.29 Å². The molecular weight excluding hydrogens is 180 g/mol. The smallest absolute Gasteiger partial charge is 0.127 e. The SMILES string of the molecule is CC(C=O)c1csc2ccccc12. The highest BCUT2D eigenvalue weighted by Gasteiger charge is 2.09. The Labute approximate surface area is 81.0 Å². The number of carbonyl (C=O) groups is 1. The Balaban J connectivity index is 2.64. The number of carbonyl (C=O) groups excluding carboxylic acids is 1. The third-order valence-corrected chi connectivity index (χ3v) is 3.19. The monoisotopic (exact) mass is 190 g/mol. The molecule has 2 heteroatoms. The molecule has 0 saturated carbocycles. The molecule has 1 nitrogen and oxygen atoms in total. The summed E-state index contributed by atoms with van der Waals surface area (Å²) in [6.45, 7) is 1.93. The maximum absolute atomic E-state index is 10.7. The number of aldehydes is 1. The molecule has 0 N–H and O–H groups in total. The van der Waals surface area contributed by atoms with Crippen LogP contribution in [0.15, 0.2) is 29.6 Å². The summed E-state index contributed by atoms with van der Waals surface area (Å²) >= 11 is 1.70. The molecule has 0 spiro atoms. The van der Waals surface area contributed by atoms with Gasteiger partial charge in [0.05, 0.1) is 0 Å². The van der Waals surface area contributed by atoms with Gasteiger partial charge in [-0.05, 0) is 22.4 Å². The van der Waals surface area contributed by atoms with Gasteiger partial charge >= 0.3 is 0 Å². The van der Waals surface area contributed by atoms with Gasteiger partial charge in [-0.25, -0.2) is 0 Å². The molecule has 1 heterocycles. The van der Waals surface area contributed by atoms with E-state index in [0.717, 1.165) is 11.8 Å². The van der Waals surface area contributed by atoms with Gasteiger partial charge in [0.15, 0.2) is 0 Å². The predicted molar refractivity (Wildman–Crippen MR) is 56.3 cm³/mol. The number of hydrogen-bond acceptors (Lipinski definition) is 2. The zero-order valence-electron chi connectivity index (χ0n) is 7.36. The summed E-state index contributed by atoms with van der Waals surface area (Å²) in [7, 11) is 0. The van der Waals surface area contributed by atoms with Crippen LogP contribution in [0.1, 0.15) is 18.4 Å². The van der Waals surface area contributed by atoms with Crippen LogP contribution in [0.3, 0.4) is 0 Å². The average molecular weight is 190 g/mol. The van der Waals surface area contributed by atoms with Gasteiger partial charge in [0.25, 0.3) is 0 Å². The molecule has 0 aliphatic rings. The molecule has 13 heavy (non-hydrogen) atoms. The minimum atomic E-state index is 0.0103.